The zero-order valence-corrected chi connectivity index (χ0v) is 9.37. The van der Waals surface area contributed by atoms with Gasteiger partial charge in [-0.05, 0) is 6.07 Å². The van der Waals surface area contributed by atoms with E-state index in [0.29, 0.717) is 6.07 Å². The first-order valence-electron chi connectivity index (χ1n) is 4.03. The van der Waals surface area contributed by atoms with Crippen LogP contribution in [0, 0.1) is 0 Å². The maximum Gasteiger partial charge on any atom is 0.573 e. The van der Waals surface area contributed by atoms with Gasteiger partial charge in [0.2, 0.25) is 0 Å². The Kier molecular flexibility index (Phi) is 4.37. The second kappa shape index (κ2) is 5.22. The summed E-state index contributed by atoms with van der Waals surface area (Å²) in [6, 6.07) is 0.713. The molecule has 0 radical (unpaired) electrons. The average Bonchev–Trinajstić information content (AvgIpc) is 2.18. The molecule has 0 bridgehead atoms. The first-order valence-corrected chi connectivity index (χ1v) is 4.95. The number of nitrogens with zero attached hydrogens (tertiary/aromatic N) is 1. The summed E-state index contributed by atoms with van der Waals surface area (Å²) in [5.41, 5.74) is -1.07. The maximum atomic E-state index is 12.5. The SMILES string of the molecule is FC(F)c1cc(CCl)nc(Cl)c1OC(F)(F)F. The highest BCUT2D eigenvalue weighted by Crippen LogP contribution is 2.38. The lowest BCUT2D eigenvalue weighted by Crippen LogP contribution is -2.19. The molecule has 0 amide bonds. The van der Waals surface area contributed by atoms with Gasteiger partial charge in [-0.25, -0.2) is 13.8 Å². The Morgan fingerprint density at radius 2 is 1.94 bits per heavy atom. The van der Waals surface area contributed by atoms with Crippen molar-refractivity contribution in [1.82, 2.24) is 4.98 Å². The molecule has 0 saturated heterocycles. The van der Waals surface area contributed by atoms with Crippen molar-refractivity contribution in [2.45, 2.75) is 18.7 Å². The van der Waals surface area contributed by atoms with Crippen LogP contribution in [0.4, 0.5) is 22.0 Å². The Bertz CT molecular complexity index is 410. The molecule has 0 aliphatic heterocycles. The van der Waals surface area contributed by atoms with E-state index in [1.807, 2.05) is 0 Å². The summed E-state index contributed by atoms with van der Waals surface area (Å²) in [7, 11) is 0. The van der Waals surface area contributed by atoms with Gasteiger partial charge >= 0.3 is 6.36 Å². The fraction of sp³-hybridized carbons (Fsp3) is 0.375. The standard InChI is InChI=1S/C8H4Cl2F5NO/c9-2-3-1-4(7(11)12)5(6(10)16-3)17-8(13,14)15/h1,7H,2H2. The van der Waals surface area contributed by atoms with Gasteiger partial charge < -0.3 is 4.74 Å². The molecular weight excluding hydrogens is 292 g/mol. The van der Waals surface area contributed by atoms with Crippen molar-refractivity contribution < 1.29 is 26.7 Å². The van der Waals surface area contributed by atoms with E-state index in [1.54, 1.807) is 0 Å². The highest BCUT2D eigenvalue weighted by Gasteiger charge is 2.35. The van der Waals surface area contributed by atoms with E-state index in [1.165, 1.54) is 0 Å². The van der Waals surface area contributed by atoms with Crippen molar-refractivity contribution in [1.29, 1.82) is 0 Å². The minimum absolute atomic E-state index is 0.0681. The van der Waals surface area contributed by atoms with Gasteiger partial charge in [0.15, 0.2) is 10.9 Å². The molecule has 1 aromatic rings. The summed E-state index contributed by atoms with van der Waals surface area (Å²) in [6.07, 6.45) is -8.31. The zero-order chi connectivity index (χ0) is 13.2. The Balaban J connectivity index is 3.27. The second-order valence-corrected chi connectivity index (χ2v) is 3.43. The summed E-state index contributed by atoms with van der Waals surface area (Å²) in [5, 5.41) is -0.809. The Labute approximate surface area is 102 Å². The van der Waals surface area contributed by atoms with E-state index in [-0.39, 0.29) is 11.6 Å². The smallest absolute Gasteiger partial charge is 0.402 e. The van der Waals surface area contributed by atoms with E-state index in [4.69, 9.17) is 23.2 Å². The van der Waals surface area contributed by atoms with Gasteiger partial charge in [-0.3, -0.25) is 0 Å². The second-order valence-electron chi connectivity index (χ2n) is 2.80. The molecule has 1 aromatic heterocycles. The van der Waals surface area contributed by atoms with Gasteiger partial charge in [0.25, 0.3) is 6.43 Å². The quantitative estimate of drug-likeness (QED) is 0.471. The molecule has 2 nitrogen and oxygen atoms in total. The highest BCUT2D eigenvalue weighted by atomic mass is 35.5. The number of hydrogen-bond donors (Lipinski definition) is 0. The molecular formula is C8H4Cl2F5NO. The molecule has 0 aliphatic rings. The van der Waals surface area contributed by atoms with Crippen LogP contribution in [0.5, 0.6) is 5.75 Å². The van der Waals surface area contributed by atoms with Crippen molar-refractivity contribution in [3.63, 3.8) is 0 Å². The average molecular weight is 296 g/mol. The van der Waals surface area contributed by atoms with E-state index < -0.39 is 29.3 Å². The number of ether oxygens (including phenoxy) is 1. The van der Waals surface area contributed by atoms with Gasteiger partial charge in [0, 0.05) is 0 Å². The van der Waals surface area contributed by atoms with E-state index in [9.17, 15) is 22.0 Å². The van der Waals surface area contributed by atoms with E-state index in [0.717, 1.165) is 0 Å². The molecule has 0 aromatic carbocycles. The molecule has 0 unspecified atom stereocenters. The fourth-order valence-corrected chi connectivity index (χ4v) is 1.41. The van der Waals surface area contributed by atoms with Crippen LogP contribution in [0.1, 0.15) is 17.7 Å². The number of aromatic nitrogens is 1. The van der Waals surface area contributed by atoms with Gasteiger partial charge in [0.1, 0.15) is 0 Å². The van der Waals surface area contributed by atoms with Gasteiger partial charge in [0.05, 0.1) is 17.1 Å². The molecule has 0 N–H and O–H groups in total. The lowest BCUT2D eigenvalue weighted by Gasteiger charge is -2.14. The Hall–Kier alpha value is -0.820. The van der Waals surface area contributed by atoms with Crippen LogP contribution in [-0.4, -0.2) is 11.3 Å². The van der Waals surface area contributed by atoms with Crippen LogP contribution >= 0.6 is 23.2 Å². The molecule has 1 heterocycles. The molecule has 0 atom stereocenters. The summed E-state index contributed by atoms with van der Waals surface area (Å²) < 4.78 is 64.4. The highest BCUT2D eigenvalue weighted by molar-refractivity contribution is 6.31. The number of alkyl halides is 6. The number of rotatable bonds is 3. The largest absolute Gasteiger partial charge is 0.573 e. The van der Waals surface area contributed by atoms with Crippen LogP contribution in [0.3, 0.4) is 0 Å². The summed E-state index contributed by atoms with van der Waals surface area (Å²) in [5.74, 6) is -1.46. The zero-order valence-electron chi connectivity index (χ0n) is 7.86. The van der Waals surface area contributed by atoms with Gasteiger partial charge in [-0.1, -0.05) is 11.6 Å². The summed E-state index contributed by atoms with van der Waals surface area (Å²) >= 11 is 10.7. The van der Waals surface area contributed by atoms with Crippen molar-refractivity contribution >= 4 is 23.2 Å². The number of halogens is 7. The molecule has 0 saturated carbocycles. The topological polar surface area (TPSA) is 22.1 Å². The third-order valence-electron chi connectivity index (χ3n) is 1.60. The number of pyridine rings is 1. The van der Waals surface area contributed by atoms with Crippen LogP contribution in [-0.2, 0) is 5.88 Å². The molecule has 96 valence electrons. The third-order valence-corrected chi connectivity index (χ3v) is 2.13. The normalized spacial score (nSPS) is 12.0. The maximum absolute atomic E-state index is 12.5. The first kappa shape index (κ1) is 14.2. The molecule has 0 aliphatic carbocycles. The van der Waals surface area contributed by atoms with Crippen LogP contribution in [0.25, 0.3) is 0 Å². The number of hydrogen-bond acceptors (Lipinski definition) is 2. The molecule has 9 heteroatoms. The molecule has 17 heavy (non-hydrogen) atoms. The summed E-state index contributed by atoms with van der Waals surface area (Å²) in [6.45, 7) is 0. The first-order chi connectivity index (χ1) is 7.74. The minimum atomic E-state index is -5.13. The van der Waals surface area contributed by atoms with Gasteiger partial charge in [-0.2, -0.15) is 0 Å². The van der Waals surface area contributed by atoms with Gasteiger partial charge in [-0.15, -0.1) is 24.8 Å². The minimum Gasteiger partial charge on any atom is -0.402 e. The van der Waals surface area contributed by atoms with Crippen LogP contribution in [0.2, 0.25) is 5.15 Å². The van der Waals surface area contributed by atoms with Crippen molar-refractivity contribution in [2.75, 3.05) is 0 Å². The summed E-state index contributed by atoms with van der Waals surface area (Å²) in [4.78, 5) is 3.39. The monoisotopic (exact) mass is 295 g/mol. The Morgan fingerprint density at radius 1 is 1.35 bits per heavy atom. The van der Waals surface area contributed by atoms with E-state index in [2.05, 4.69) is 9.72 Å². The molecule has 0 spiro atoms. The van der Waals surface area contributed by atoms with Crippen molar-refractivity contribution in [3.05, 3.63) is 22.5 Å². The predicted octanol–water partition coefficient (Wildman–Crippen LogP) is 4.31. The van der Waals surface area contributed by atoms with Crippen molar-refractivity contribution in [2.24, 2.45) is 0 Å². The lowest BCUT2D eigenvalue weighted by atomic mass is 10.2. The fourth-order valence-electron chi connectivity index (χ4n) is 1.02. The Morgan fingerprint density at radius 3 is 2.35 bits per heavy atom. The predicted molar refractivity (Wildman–Crippen MR) is 50.4 cm³/mol. The van der Waals surface area contributed by atoms with Crippen LogP contribution in [0.15, 0.2) is 6.07 Å². The lowest BCUT2D eigenvalue weighted by molar-refractivity contribution is -0.275. The molecule has 0 fully saturated rings. The molecule has 1 rings (SSSR count). The van der Waals surface area contributed by atoms with Crippen LogP contribution < -0.4 is 4.74 Å². The third kappa shape index (κ3) is 3.85. The van der Waals surface area contributed by atoms with Crippen molar-refractivity contribution in [3.8, 4) is 5.75 Å². The van der Waals surface area contributed by atoms with E-state index >= 15 is 0 Å².